The maximum absolute atomic E-state index is 13.1. The van der Waals surface area contributed by atoms with Crippen LogP contribution in [0.15, 0.2) is 59.4 Å². The number of anilines is 1. The number of H-pyrrole nitrogens is 1. The van der Waals surface area contributed by atoms with E-state index in [9.17, 15) is 19.2 Å². The average Bonchev–Trinajstić information content (AvgIpc) is 3.08. The van der Waals surface area contributed by atoms with E-state index in [1.807, 2.05) is 26.0 Å². The summed E-state index contributed by atoms with van der Waals surface area (Å²) in [4.78, 5) is 59.0. The molecule has 1 aliphatic rings. The molecule has 0 aliphatic carbocycles. The molecule has 9 heteroatoms. The summed E-state index contributed by atoms with van der Waals surface area (Å²) >= 11 is 5.97. The number of hydrogen-bond acceptors (Lipinski definition) is 6. The van der Waals surface area contributed by atoms with Crippen LogP contribution in [0.25, 0.3) is 10.9 Å². The van der Waals surface area contributed by atoms with Gasteiger partial charge >= 0.3 is 5.97 Å². The van der Waals surface area contributed by atoms with E-state index in [1.54, 1.807) is 24.3 Å². The average molecular weight is 488 g/mol. The molecule has 0 spiro atoms. The molecule has 2 amide bonds. The van der Waals surface area contributed by atoms with Crippen LogP contribution >= 0.6 is 11.6 Å². The topological polar surface area (TPSA) is 109 Å². The third-order valence-corrected chi connectivity index (χ3v) is 6.02. The van der Waals surface area contributed by atoms with Gasteiger partial charge in [-0.05, 0) is 67.4 Å². The van der Waals surface area contributed by atoms with Gasteiger partial charge in [-0.2, -0.15) is 0 Å². The number of ether oxygens (including phenoxy) is 1. The fourth-order valence-corrected chi connectivity index (χ4v) is 4.16. The van der Waals surface area contributed by atoms with Crippen molar-refractivity contribution in [2.24, 2.45) is 0 Å². The Balaban J connectivity index is 1.38. The number of aromatic amines is 1. The van der Waals surface area contributed by atoms with Crippen LogP contribution in [0.2, 0.25) is 5.02 Å². The molecular weight excluding hydrogens is 470 g/mol. The van der Waals surface area contributed by atoms with Crippen molar-refractivity contribution in [1.82, 2.24) is 9.97 Å². The Labute approximate surface area is 204 Å². The van der Waals surface area contributed by atoms with Crippen molar-refractivity contribution in [2.75, 3.05) is 4.90 Å². The Kier molecular flexibility index (Phi) is 5.45. The zero-order valence-corrected chi connectivity index (χ0v) is 19.5. The number of aromatic nitrogens is 2. The first-order chi connectivity index (χ1) is 16.7. The van der Waals surface area contributed by atoms with Crippen molar-refractivity contribution in [3.63, 3.8) is 0 Å². The third-order valence-electron chi connectivity index (χ3n) is 5.79. The van der Waals surface area contributed by atoms with E-state index in [1.165, 1.54) is 18.2 Å². The predicted octanol–water partition coefficient (Wildman–Crippen LogP) is 4.35. The number of imide groups is 1. The lowest BCUT2D eigenvalue weighted by atomic mass is 10.1. The van der Waals surface area contributed by atoms with Crippen LogP contribution in [-0.4, -0.2) is 27.8 Å². The molecular formula is C26H18ClN3O5. The van der Waals surface area contributed by atoms with E-state index in [0.29, 0.717) is 21.6 Å². The molecule has 1 N–H and O–H groups in total. The van der Waals surface area contributed by atoms with Crippen LogP contribution in [-0.2, 0) is 11.3 Å². The van der Waals surface area contributed by atoms with E-state index in [-0.39, 0.29) is 34.7 Å². The molecule has 3 aromatic carbocycles. The van der Waals surface area contributed by atoms with Crippen molar-refractivity contribution < 1.29 is 19.1 Å². The Hall–Kier alpha value is -4.30. The molecule has 8 nitrogen and oxygen atoms in total. The molecule has 1 aliphatic heterocycles. The summed E-state index contributed by atoms with van der Waals surface area (Å²) in [6, 6.07) is 14.4. The standard InChI is InChI=1S/C26H18ClN3O5/c1-13-3-4-14(2)21(9-13)30-24(32)17-7-5-15(10-19(17)25(30)33)26(34)35-12-22-28-20-11-16(27)6-8-18(20)23(31)29-22/h3-11H,12H2,1-2H3,(H,28,29,31). The number of fused-ring (bicyclic) bond motifs is 2. The summed E-state index contributed by atoms with van der Waals surface area (Å²) in [6.45, 7) is 3.40. The van der Waals surface area contributed by atoms with E-state index in [4.69, 9.17) is 16.3 Å². The number of halogens is 1. The van der Waals surface area contributed by atoms with E-state index >= 15 is 0 Å². The summed E-state index contributed by atoms with van der Waals surface area (Å²) in [6.07, 6.45) is 0. The maximum atomic E-state index is 13.1. The van der Waals surface area contributed by atoms with Crippen LogP contribution in [0.4, 0.5) is 5.69 Å². The SMILES string of the molecule is Cc1ccc(C)c(N2C(=O)c3ccc(C(=O)OCc4nc5cc(Cl)ccc5c(=O)[nH]4)cc3C2=O)c1. The van der Waals surface area contributed by atoms with Gasteiger partial charge in [0.25, 0.3) is 17.4 Å². The molecule has 0 fully saturated rings. The highest BCUT2D eigenvalue weighted by atomic mass is 35.5. The number of nitrogens with zero attached hydrogens (tertiary/aromatic N) is 2. The molecule has 0 radical (unpaired) electrons. The lowest BCUT2D eigenvalue weighted by Crippen LogP contribution is -2.30. The number of carbonyl (C=O) groups is 3. The molecule has 1 aromatic heterocycles. The van der Waals surface area contributed by atoms with Gasteiger partial charge in [-0.3, -0.25) is 14.4 Å². The first kappa shape index (κ1) is 22.5. The minimum Gasteiger partial charge on any atom is -0.454 e. The Morgan fingerprint density at radius 2 is 1.74 bits per heavy atom. The molecule has 0 saturated heterocycles. The lowest BCUT2D eigenvalue weighted by Gasteiger charge is -2.17. The van der Waals surface area contributed by atoms with Crippen LogP contribution in [0.3, 0.4) is 0 Å². The number of benzene rings is 3. The summed E-state index contributed by atoms with van der Waals surface area (Å²) in [7, 11) is 0. The summed E-state index contributed by atoms with van der Waals surface area (Å²) in [5.74, 6) is -1.54. The van der Waals surface area contributed by atoms with Gasteiger partial charge in [0, 0.05) is 5.02 Å². The minimum absolute atomic E-state index is 0.0962. The number of rotatable bonds is 4. The van der Waals surface area contributed by atoms with Gasteiger partial charge in [0.15, 0.2) is 0 Å². The Morgan fingerprint density at radius 3 is 2.54 bits per heavy atom. The fourth-order valence-electron chi connectivity index (χ4n) is 3.99. The molecule has 5 rings (SSSR count). The second-order valence-electron chi connectivity index (χ2n) is 8.25. The minimum atomic E-state index is -0.730. The monoisotopic (exact) mass is 487 g/mol. The number of aryl methyl sites for hydroxylation is 2. The highest BCUT2D eigenvalue weighted by Gasteiger charge is 2.38. The first-order valence-corrected chi connectivity index (χ1v) is 11.1. The van der Waals surface area contributed by atoms with Crippen molar-refractivity contribution >= 4 is 46.0 Å². The van der Waals surface area contributed by atoms with Gasteiger partial charge in [-0.25, -0.2) is 14.7 Å². The van der Waals surface area contributed by atoms with Crippen molar-refractivity contribution in [3.8, 4) is 0 Å². The maximum Gasteiger partial charge on any atom is 0.338 e. The summed E-state index contributed by atoms with van der Waals surface area (Å²) in [5.41, 5.74) is 2.62. The molecule has 0 atom stereocenters. The number of amides is 2. The van der Waals surface area contributed by atoms with Crippen LogP contribution in [0, 0.1) is 13.8 Å². The Morgan fingerprint density at radius 1 is 0.971 bits per heavy atom. The predicted molar refractivity (Wildman–Crippen MR) is 130 cm³/mol. The molecule has 35 heavy (non-hydrogen) atoms. The van der Waals surface area contributed by atoms with E-state index in [0.717, 1.165) is 16.0 Å². The highest BCUT2D eigenvalue weighted by Crippen LogP contribution is 2.32. The van der Waals surface area contributed by atoms with Gasteiger partial charge in [0.05, 0.1) is 33.3 Å². The van der Waals surface area contributed by atoms with Crippen LogP contribution in [0.1, 0.15) is 48.0 Å². The quantitative estimate of drug-likeness (QED) is 0.338. The first-order valence-electron chi connectivity index (χ1n) is 10.7. The van der Waals surface area contributed by atoms with Crippen molar-refractivity contribution in [1.29, 1.82) is 0 Å². The molecule has 2 heterocycles. The number of nitrogens with one attached hydrogen (secondary N) is 1. The second kappa shape index (κ2) is 8.48. The normalized spacial score (nSPS) is 12.8. The fraction of sp³-hybridized carbons (Fsp3) is 0.115. The van der Waals surface area contributed by atoms with E-state index in [2.05, 4.69) is 9.97 Å². The van der Waals surface area contributed by atoms with Gasteiger partial charge in [0.1, 0.15) is 12.4 Å². The smallest absolute Gasteiger partial charge is 0.338 e. The number of carbonyl (C=O) groups excluding carboxylic acids is 3. The molecule has 174 valence electrons. The zero-order chi connectivity index (χ0) is 24.9. The third kappa shape index (κ3) is 3.98. The van der Waals surface area contributed by atoms with Crippen LogP contribution in [0.5, 0.6) is 0 Å². The molecule has 0 unspecified atom stereocenters. The number of esters is 1. The second-order valence-corrected chi connectivity index (χ2v) is 8.68. The van der Waals surface area contributed by atoms with E-state index < -0.39 is 17.8 Å². The van der Waals surface area contributed by atoms with Gasteiger partial charge in [0.2, 0.25) is 0 Å². The Bertz CT molecular complexity index is 1630. The van der Waals surface area contributed by atoms with Crippen LogP contribution < -0.4 is 10.5 Å². The highest BCUT2D eigenvalue weighted by molar-refractivity contribution is 6.35. The van der Waals surface area contributed by atoms with Crippen molar-refractivity contribution in [2.45, 2.75) is 20.5 Å². The van der Waals surface area contributed by atoms with Gasteiger partial charge in [-0.15, -0.1) is 0 Å². The zero-order valence-electron chi connectivity index (χ0n) is 18.7. The van der Waals surface area contributed by atoms with Crippen molar-refractivity contribution in [3.05, 3.63) is 104 Å². The van der Waals surface area contributed by atoms with Gasteiger partial charge in [-0.1, -0.05) is 23.7 Å². The lowest BCUT2D eigenvalue weighted by molar-refractivity contribution is 0.0462. The number of hydrogen-bond donors (Lipinski definition) is 1. The molecule has 0 bridgehead atoms. The summed E-state index contributed by atoms with van der Waals surface area (Å²) < 4.78 is 5.30. The largest absolute Gasteiger partial charge is 0.454 e. The molecule has 0 saturated carbocycles. The van der Waals surface area contributed by atoms with Gasteiger partial charge < -0.3 is 9.72 Å². The molecule has 4 aromatic rings. The summed E-state index contributed by atoms with van der Waals surface area (Å²) in [5, 5.41) is 0.783.